The molecule has 0 radical (unpaired) electrons. The number of nitrogens with zero attached hydrogens (tertiary/aromatic N) is 2. The Hall–Kier alpha value is -2.51. The number of nitrogens with one attached hydrogen (secondary N) is 3. The summed E-state index contributed by atoms with van der Waals surface area (Å²) >= 11 is 0. The number of amidine groups is 1. The van der Waals surface area contributed by atoms with Crippen LogP contribution in [0.4, 0.5) is 11.4 Å². The first kappa shape index (κ1) is 16.0. The number of aliphatic hydroxyl groups excluding tert-OH is 1. The van der Waals surface area contributed by atoms with E-state index >= 15 is 0 Å². The third-order valence-corrected chi connectivity index (χ3v) is 5.01. The zero-order valence-electron chi connectivity index (χ0n) is 14.3. The van der Waals surface area contributed by atoms with Crippen LogP contribution in [0.2, 0.25) is 0 Å². The first-order valence-electron chi connectivity index (χ1n) is 8.62. The Kier molecular flexibility index (Phi) is 3.89. The van der Waals surface area contributed by atoms with Gasteiger partial charge in [-0.2, -0.15) is 0 Å². The molecular formula is C18H24N6O. The van der Waals surface area contributed by atoms with Gasteiger partial charge in [-0.25, -0.2) is 0 Å². The van der Waals surface area contributed by atoms with Crippen molar-refractivity contribution in [2.75, 3.05) is 30.4 Å². The Morgan fingerprint density at radius 1 is 1.16 bits per heavy atom. The third-order valence-electron chi connectivity index (χ3n) is 5.01. The summed E-state index contributed by atoms with van der Waals surface area (Å²) in [7, 11) is 1.74. The summed E-state index contributed by atoms with van der Waals surface area (Å²) in [5.74, 6) is -0.184. The normalized spacial score (nSPS) is 25.4. The number of hydrogen-bond acceptors (Lipinski definition) is 5. The molecule has 1 unspecified atom stereocenters. The average molecular weight is 340 g/mol. The third kappa shape index (κ3) is 2.85. The Morgan fingerprint density at radius 3 is 2.56 bits per heavy atom. The lowest BCUT2D eigenvalue weighted by Gasteiger charge is -2.38. The van der Waals surface area contributed by atoms with E-state index in [-0.39, 0.29) is 6.10 Å². The minimum Gasteiger partial charge on any atom is -0.393 e. The lowest BCUT2D eigenvalue weighted by molar-refractivity contribution is 0.145. The van der Waals surface area contributed by atoms with Gasteiger partial charge < -0.3 is 25.6 Å². The number of nitrogens with two attached hydrogens (primary N) is 1. The van der Waals surface area contributed by atoms with E-state index in [0.717, 1.165) is 54.4 Å². The highest BCUT2D eigenvalue weighted by Crippen LogP contribution is 2.29. The SMILES string of the molecule is CN=C1NC(N)(c2ccc(N3CCC(O)CC3)cc2)Nc2cc[nH]c21. The second-order valence-electron chi connectivity index (χ2n) is 6.66. The number of piperidine rings is 1. The van der Waals surface area contributed by atoms with Gasteiger partial charge in [-0.05, 0) is 31.0 Å². The fourth-order valence-electron chi connectivity index (χ4n) is 3.53. The van der Waals surface area contributed by atoms with Crippen LogP contribution in [0.3, 0.4) is 0 Å². The number of aromatic nitrogens is 1. The fraction of sp³-hybridized carbons (Fsp3) is 0.389. The summed E-state index contributed by atoms with van der Waals surface area (Å²) in [6, 6.07) is 10.2. The van der Waals surface area contributed by atoms with Gasteiger partial charge in [0.15, 0.2) is 5.79 Å². The van der Waals surface area contributed by atoms with Crippen molar-refractivity contribution in [3.8, 4) is 0 Å². The molecule has 0 aliphatic carbocycles. The van der Waals surface area contributed by atoms with Gasteiger partial charge in [0.25, 0.3) is 0 Å². The Morgan fingerprint density at radius 2 is 1.88 bits per heavy atom. The number of aliphatic imine (C=N–C) groups is 1. The van der Waals surface area contributed by atoms with Crippen molar-refractivity contribution < 1.29 is 5.11 Å². The molecular weight excluding hydrogens is 316 g/mol. The second-order valence-corrected chi connectivity index (χ2v) is 6.66. The summed E-state index contributed by atoms with van der Waals surface area (Å²) in [6.07, 6.45) is 3.33. The standard InChI is InChI=1S/C18H24N6O/c1-20-17-16-15(6-9-21-16)22-18(19,23-17)12-2-4-13(5-3-12)24-10-7-14(25)8-11-24/h2-6,9,14,21-22,25H,7-8,10-11,19H2,1H3,(H,20,23). The molecule has 1 atom stereocenters. The summed E-state index contributed by atoms with van der Waals surface area (Å²) in [5.41, 5.74) is 10.5. The minimum atomic E-state index is -0.916. The maximum atomic E-state index is 9.66. The van der Waals surface area contributed by atoms with Gasteiger partial charge in [-0.3, -0.25) is 10.7 Å². The highest BCUT2D eigenvalue weighted by Gasteiger charge is 2.35. The molecule has 0 spiro atoms. The van der Waals surface area contributed by atoms with Gasteiger partial charge in [0.2, 0.25) is 0 Å². The van der Waals surface area contributed by atoms with Crippen molar-refractivity contribution in [3.05, 3.63) is 47.8 Å². The van der Waals surface area contributed by atoms with Crippen molar-refractivity contribution in [1.29, 1.82) is 0 Å². The van der Waals surface area contributed by atoms with Crippen molar-refractivity contribution in [2.45, 2.75) is 24.7 Å². The molecule has 6 N–H and O–H groups in total. The predicted octanol–water partition coefficient (Wildman–Crippen LogP) is 1.14. The van der Waals surface area contributed by atoms with Crippen LogP contribution in [0.1, 0.15) is 24.1 Å². The minimum absolute atomic E-state index is 0.166. The van der Waals surface area contributed by atoms with E-state index in [1.807, 2.05) is 24.4 Å². The number of rotatable bonds is 2. The van der Waals surface area contributed by atoms with Crippen molar-refractivity contribution in [2.24, 2.45) is 10.7 Å². The topological polar surface area (TPSA) is 102 Å². The fourth-order valence-corrected chi connectivity index (χ4v) is 3.53. The molecule has 1 aromatic heterocycles. The highest BCUT2D eigenvalue weighted by atomic mass is 16.3. The molecule has 7 nitrogen and oxygen atoms in total. The molecule has 2 aromatic rings. The largest absolute Gasteiger partial charge is 0.393 e. The summed E-state index contributed by atoms with van der Waals surface area (Å²) < 4.78 is 0. The zero-order chi connectivity index (χ0) is 17.4. The molecule has 25 heavy (non-hydrogen) atoms. The van der Waals surface area contributed by atoms with Gasteiger partial charge >= 0.3 is 0 Å². The molecule has 1 aromatic carbocycles. The number of benzene rings is 1. The molecule has 4 rings (SSSR count). The van der Waals surface area contributed by atoms with E-state index in [0.29, 0.717) is 0 Å². The van der Waals surface area contributed by atoms with Crippen LogP contribution in [0, 0.1) is 0 Å². The predicted molar refractivity (Wildman–Crippen MR) is 99.8 cm³/mol. The maximum Gasteiger partial charge on any atom is 0.190 e. The smallest absolute Gasteiger partial charge is 0.190 e. The summed E-state index contributed by atoms with van der Waals surface area (Å²) in [6.45, 7) is 1.76. The number of hydrogen-bond donors (Lipinski definition) is 5. The van der Waals surface area contributed by atoms with Crippen LogP contribution in [0.15, 0.2) is 41.5 Å². The van der Waals surface area contributed by atoms with Crippen LogP contribution >= 0.6 is 0 Å². The number of anilines is 2. The van der Waals surface area contributed by atoms with E-state index in [4.69, 9.17) is 5.73 Å². The molecule has 0 bridgehead atoms. The average Bonchev–Trinajstić information content (AvgIpc) is 3.10. The number of aliphatic hydroxyl groups is 1. The van der Waals surface area contributed by atoms with Crippen LogP contribution in [-0.2, 0) is 5.79 Å². The number of H-pyrrole nitrogens is 1. The number of fused-ring (bicyclic) bond motifs is 1. The highest BCUT2D eigenvalue weighted by molar-refractivity contribution is 6.04. The summed E-state index contributed by atoms with van der Waals surface area (Å²) in [4.78, 5) is 9.76. The van der Waals surface area contributed by atoms with Crippen LogP contribution < -0.4 is 21.3 Å². The molecule has 7 heteroatoms. The van der Waals surface area contributed by atoms with Crippen molar-refractivity contribution >= 4 is 17.2 Å². The molecule has 2 aliphatic heterocycles. The van der Waals surface area contributed by atoms with Gasteiger partial charge in [0, 0.05) is 37.6 Å². The van der Waals surface area contributed by atoms with E-state index in [2.05, 4.69) is 37.6 Å². The molecule has 1 saturated heterocycles. The molecule has 1 fully saturated rings. The van der Waals surface area contributed by atoms with E-state index in [9.17, 15) is 5.11 Å². The lowest BCUT2D eigenvalue weighted by atomic mass is 10.0. The van der Waals surface area contributed by atoms with E-state index in [1.54, 1.807) is 7.05 Å². The van der Waals surface area contributed by atoms with E-state index < -0.39 is 5.79 Å². The Balaban J connectivity index is 1.58. The molecule has 2 aliphatic rings. The summed E-state index contributed by atoms with van der Waals surface area (Å²) in [5, 5.41) is 16.3. The van der Waals surface area contributed by atoms with Gasteiger partial charge in [0.05, 0.1) is 11.8 Å². The van der Waals surface area contributed by atoms with Crippen LogP contribution in [-0.4, -0.2) is 42.2 Å². The quantitative estimate of drug-likeness (QED) is 0.564. The van der Waals surface area contributed by atoms with E-state index in [1.165, 1.54) is 0 Å². The van der Waals surface area contributed by atoms with Crippen LogP contribution in [0.5, 0.6) is 0 Å². The second kappa shape index (κ2) is 6.09. The number of aromatic amines is 1. The molecule has 132 valence electrons. The first-order valence-corrected chi connectivity index (χ1v) is 8.62. The van der Waals surface area contributed by atoms with Crippen LogP contribution in [0.25, 0.3) is 0 Å². The van der Waals surface area contributed by atoms with Gasteiger partial charge in [0.1, 0.15) is 11.5 Å². The zero-order valence-corrected chi connectivity index (χ0v) is 14.3. The molecule has 0 amide bonds. The first-order chi connectivity index (χ1) is 12.1. The maximum absolute atomic E-state index is 9.66. The Bertz CT molecular complexity index is 775. The van der Waals surface area contributed by atoms with Crippen molar-refractivity contribution in [1.82, 2.24) is 10.3 Å². The Labute approximate surface area is 146 Å². The molecule has 0 saturated carbocycles. The monoisotopic (exact) mass is 340 g/mol. The van der Waals surface area contributed by atoms with Crippen molar-refractivity contribution in [3.63, 3.8) is 0 Å². The molecule has 3 heterocycles. The van der Waals surface area contributed by atoms with Gasteiger partial charge in [-0.1, -0.05) is 12.1 Å². The van der Waals surface area contributed by atoms with Gasteiger partial charge in [-0.15, -0.1) is 0 Å². The lowest BCUT2D eigenvalue weighted by Crippen LogP contribution is -2.61.